The van der Waals surface area contributed by atoms with E-state index in [1.807, 2.05) is 0 Å². The summed E-state index contributed by atoms with van der Waals surface area (Å²) in [5.74, 6) is -3.05. The van der Waals surface area contributed by atoms with Crippen LogP contribution in [0.15, 0.2) is 0 Å². The van der Waals surface area contributed by atoms with Crippen LogP contribution in [-0.4, -0.2) is 44.8 Å². The largest absolute Gasteiger partial charge is 0.634 e. The average molecular weight is 152 g/mol. The topological polar surface area (TPSA) is 110 Å². The van der Waals surface area contributed by atoms with Crippen molar-refractivity contribution in [3.63, 3.8) is 0 Å². The zero-order chi connectivity index (χ0) is 8.36. The van der Waals surface area contributed by atoms with Gasteiger partial charge in [-0.3, -0.25) is 0 Å². The highest BCUT2D eigenvalue weighted by molar-refractivity contribution is 6.32. The normalized spacial score (nSPS) is 15.0. The van der Waals surface area contributed by atoms with Gasteiger partial charge in [-0.1, -0.05) is 0 Å². The lowest BCUT2D eigenvalue weighted by Gasteiger charge is -2.21. The first-order chi connectivity index (χ1) is 4.34. The predicted octanol–water partition coefficient (Wildman–Crippen LogP) is -3.01. The van der Waals surface area contributed by atoms with Crippen molar-refractivity contribution in [1.29, 1.82) is 0 Å². The molecule has 0 saturated carbocycles. The molecule has 0 aromatic carbocycles. The van der Waals surface area contributed by atoms with E-state index in [0.29, 0.717) is 0 Å². The van der Waals surface area contributed by atoms with Crippen molar-refractivity contribution < 1.29 is 30.0 Å². The maximum absolute atomic E-state index is 8.30. The van der Waals surface area contributed by atoms with E-state index in [1.165, 1.54) is 0 Å². The highest BCUT2D eigenvalue weighted by atomic mass is 16.7. The minimum Gasteiger partial charge on any atom is -0.402 e. The molecule has 1 unspecified atom stereocenters. The Morgan fingerprint density at radius 1 is 1.30 bits per heavy atom. The van der Waals surface area contributed by atoms with Gasteiger partial charge in [0.25, 0.3) is 0 Å². The zero-order valence-corrected chi connectivity index (χ0v) is 5.30. The van der Waals surface area contributed by atoms with Crippen molar-refractivity contribution in [3.8, 4) is 0 Å². The van der Waals surface area contributed by atoms with Crippen LogP contribution in [0.2, 0.25) is 0 Å². The van der Waals surface area contributed by atoms with E-state index in [-0.39, 0.29) is 0 Å². The second kappa shape index (κ2) is 3.29. The van der Waals surface area contributed by atoms with Crippen LogP contribution in [0.5, 0.6) is 0 Å². The molecule has 0 fully saturated rings. The van der Waals surface area contributed by atoms with Gasteiger partial charge in [-0.05, 0) is 6.92 Å². The summed E-state index contributed by atoms with van der Waals surface area (Å²) >= 11 is 0. The molecule has 1 atom stereocenters. The summed E-state index contributed by atoms with van der Waals surface area (Å²) in [5.41, 5.74) is 0. The summed E-state index contributed by atoms with van der Waals surface area (Å²) in [6.45, 7) is 1.06. The minimum atomic E-state index is -3.05. The molecule has 0 spiro atoms. The Labute approximate surface area is 57.5 Å². The Morgan fingerprint density at radius 2 is 1.70 bits per heavy atom. The van der Waals surface area contributed by atoms with Gasteiger partial charge in [-0.15, -0.1) is 0 Å². The van der Waals surface area contributed by atoms with Crippen LogP contribution >= 0.6 is 0 Å². The summed E-state index contributed by atoms with van der Waals surface area (Å²) in [5, 5.41) is 41.1. The molecule has 6 nitrogen and oxygen atoms in total. The van der Waals surface area contributed by atoms with E-state index >= 15 is 0 Å². The summed E-state index contributed by atoms with van der Waals surface area (Å²) in [7, 11) is -2.14. The van der Waals surface area contributed by atoms with E-state index < -0.39 is 19.4 Å². The van der Waals surface area contributed by atoms with Crippen LogP contribution in [-0.2, 0) is 4.65 Å². The van der Waals surface area contributed by atoms with Crippen molar-refractivity contribution >= 4 is 7.32 Å². The fraction of sp³-hybridized carbons (Fsp3) is 1.00. The van der Waals surface area contributed by atoms with Gasteiger partial charge in [0.2, 0.25) is 0 Å². The van der Waals surface area contributed by atoms with Crippen molar-refractivity contribution in [1.82, 2.24) is 0 Å². The smallest absolute Gasteiger partial charge is 0.402 e. The molecular weight excluding hydrogens is 143 g/mol. The Hall–Kier alpha value is -0.175. The predicted molar refractivity (Wildman–Crippen MR) is 30.1 cm³/mol. The SMILES string of the molecule is CC(OB(O)O)C(O)(O)O. The van der Waals surface area contributed by atoms with Gasteiger partial charge in [0.15, 0.2) is 0 Å². The standard InChI is InChI=1S/C3H9BO6/c1-2(3(5,6)7)10-4(8)9/h2,5-9H,1H3. The van der Waals surface area contributed by atoms with E-state index in [0.717, 1.165) is 6.92 Å². The molecule has 0 amide bonds. The van der Waals surface area contributed by atoms with Crippen molar-refractivity contribution in [2.75, 3.05) is 0 Å². The first-order valence-electron chi connectivity index (χ1n) is 2.52. The maximum atomic E-state index is 8.30. The van der Waals surface area contributed by atoms with Gasteiger partial charge in [0.1, 0.15) is 6.10 Å². The number of hydrogen-bond donors (Lipinski definition) is 5. The molecule has 0 aromatic heterocycles. The molecule has 0 radical (unpaired) electrons. The van der Waals surface area contributed by atoms with Crippen LogP contribution in [0.3, 0.4) is 0 Å². The third-order valence-corrected chi connectivity index (χ3v) is 0.871. The third kappa shape index (κ3) is 3.78. The summed E-state index contributed by atoms with van der Waals surface area (Å²) in [4.78, 5) is 0. The van der Waals surface area contributed by atoms with Crippen LogP contribution in [0.4, 0.5) is 0 Å². The summed E-state index contributed by atoms with van der Waals surface area (Å²) in [6.07, 6.45) is -1.49. The van der Waals surface area contributed by atoms with E-state index in [1.54, 1.807) is 0 Å². The fourth-order valence-corrected chi connectivity index (χ4v) is 0.274. The molecule has 0 heterocycles. The second-order valence-electron chi connectivity index (χ2n) is 1.79. The van der Waals surface area contributed by atoms with Crippen molar-refractivity contribution in [3.05, 3.63) is 0 Å². The highest BCUT2D eigenvalue weighted by Gasteiger charge is 2.31. The first kappa shape index (κ1) is 9.82. The van der Waals surface area contributed by atoms with Gasteiger partial charge in [0.05, 0.1) is 0 Å². The van der Waals surface area contributed by atoms with Crippen molar-refractivity contribution in [2.45, 2.75) is 19.0 Å². The van der Waals surface area contributed by atoms with Gasteiger partial charge < -0.3 is 30.0 Å². The maximum Gasteiger partial charge on any atom is 0.634 e. The van der Waals surface area contributed by atoms with E-state index in [2.05, 4.69) is 4.65 Å². The lowest BCUT2D eigenvalue weighted by Crippen LogP contribution is -2.44. The Balaban J connectivity index is 3.73. The Bertz CT molecular complexity index is 97.7. The molecule has 0 saturated heterocycles. The molecule has 0 bridgehead atoms. The first-order valence-corrected chi connectivity index (χ1v) is 2.52. The second-order valence-corrected chi connectivity index (χ2v) is 1.79. The van der Waals surface area contributed by atoms with Gasteiger partial charge in [-0.2, -0.15) is 0 Å². The minimum absolute atomic E-state index is 1.06. The monoisotopic (exact) mass is 152 g/mol. The molecule has 0 aromatic rings. The molecule has 7 heteroatoms. The van der Waals surface area contributed by atoms with Crippen LogP contribution < -0.4 is 0 Å². The fourth-order valence-electron chi connectivity index (χ4n) is 0.274. The molecule has 0 aliphatic heterocycles. The number of rotatable bonds is 3. The van der Waals surface area contributed by atoms with E-state index in [9.17, 15) is 0 Å². The Kier molecular flexibility index (Phi) is 3.23. The molecule has 0 aliphatic carbocycles. The molecule has 0 rings (SSSR count). The van der Waals surface area contributed by atoms with Crippen LogP contribution in [0.1, 0.15) is 6.92 Å². The molecule has 60 valence electrons. The molecular formula is C3H9BO6. The quantitative estimate of drug-likeness (QED) is 0.217. The van der Waals surface area contributed by atoms with Gasteiger partial charge in [0, 0.05) is 0 Å². The summed E-state index contributed by atoms with van der Waals surface area (Å²) < 4.78 is 3.98. The van der Waals surface area contributed by atoms with Crippen LogP contribution in [0.25, 0.3) is 0 Å². The average Bonchev–Trinajstić information content (AvgIpc) is 1.60. The van der Waals surface area contributed by atoms with Crippen LogP contribution in [0, 0.1) is 0 Å². The van der Waals surface area contributed by atoms with Gasteiger partial charge >= 0.3 is 13.3 Å². The highest BCUT2D eigenvalue weighted by Crippen LogP contribution is 2.05. The lowest BCUT2D eigenvalue weighted by molar-refractivity contribution is -0.349. The number of aliphatic hydroxyl groups is 3. The number of hydrogen-bond acceptors (Lipinski definition) is 6. The molecule has 0 aliphatic rings. The van der Waals surface area contributed by atoms with E-state index in [4.69, 9.17) is 25.4 Å². The Morgan fingerprint density at radius 3 is 1.80 bits per heavy atom. The third-order valence-electron chi connectivity index (χ3n) is 0.871. The lowest BCUT2D eigenvalue weighted by atomic mass is 10.2. The zero-order valence-electron chi connectivity index (χ0n) is 5.30. The van der Waals surface area contributed by atoms with Gasteiger partial charge in [-0.25, -0.2) is 0 Å². The molecule has 10 heavy (non-hydrogen) atoms. The van der Waals surface area contributed by atoms with Crippen molar-refractivity contribution in [2.24, 2.45) is 0 Å². The molecule has 5 N–H and O–H groups in total. The summed E-state index contributed by atoms with van der Waals surface area (Å²) in [6, 6.07) is 0.